The summed E-state index contributed by atoms with van der Waals surface area (Å²) in [5.74, 6) is 0.119. The Morgan fingerprint density at radius 3 is 2.44 bits per heavy atom. The number of halogens is 1. The molecule has 1 unspecified atom stereocenters. The van der Waals surface area contributed by atoms with E-state index in [1.807, 2.05) is 18.2 Å². The zero-order valence-electron chi connectivity index (χ0n) is 9.92. The van der Waals surface area contributed by atoms with Crippen LogP contribution in [0.1, 0.15) is 22.3 Å². The quantitative estimate of drug-likeness (QED) is 0.623. The first kappa shape index (κ1) is 13.0. The molecule has 0 saturated carbocycles. The Kier molecular flexibility index (Phi) is 4.65. The highest BCUT2D eigenvalue weighted by Crippen LogP contribution is 2.16. The van der Waals surface area contributed by atoms with E-state index >= 15 is 0 Å². The number of aryl methyl sites for hydroxylation is 1. The van der Waals surface area contributed by atoms with Crippen molar-refractivity contribution < 1.29 is 4.79 Å². The number of Topliss-reactive ketones (excluding diaryl/α,β-unsaturated/α-hetero) is 1. The lowest BCUT2D eigenvalue weighted by molar-refractivity contribution is 0.0988. The van der Waals surface area contributed by atoms with Crippen LogP contribution in [0.25, 0.3) is 0 Å². The van der Waals surface area contributed by atoms with Crippen molar-refractivity contribution in [3.05, 3.63) is 66.0 Å². The minimum atomic E-state index is -0.139. The first-order valence-corrected chi connectivity index (χ1v) is 6.81. The van der Waals surface area contributed by atoms with Crippen molar-refractivity contribution in [2.45, 2.75) is 17.7 Å². The van der Waals surface area contributed by atoms with Gasteiger partial charge in [-0.15, -0.1) is 0 Å². The average Bonchev–Trinajstić information content (AvgIpc) is 2.46. The van der Waals surface area contributed by atoms with Gasteiger partial charge in [-0.3, -0.25) is 9.78 Å². The summed E-state index contributed by atoms with van der Waals surface area (Å²) in [6.07, 6.45) is 4.98. The van der Waals surface area contributed by atoms with Crippen molar-refractivity contribution in [1.29, 1.82) is 0 Å². The number of pyridine rings is 1. The number of benzene rings is 1. The molecule has 18 heavy (non-hydrogen) atoms. The zero-order chi connectivity index (χ0) is 12.8. The van der Waals surface area contributed by atoms with E-state index in [1.165, 1.54) is 5.56 Å². The summed E-state index contributed by atoms with van der Waals surface area (Å²) in [6.45, 7) is 0. The number of nitrogens with zero attached hydrogens (tertiary/aromatic N) is 1. The van der Waals surface area contributed by atoms with E-state index < -0.39 is 0 Å². The fourth-order valence-corrected chi connectivity index (χ4v) is 2.26. The molecular weight excluding hydrogens is 290 g/mol. The van der Waals surface area contributed by atoms with E-state index in [1.54, 1.807) is 24.5 Å². The molecule has 0 N–H and O–H groups in total. The third kappa shape index (κ3) is 3.50. The Morgan fingerprint density at radius 1 is 1.11 bits per heavy atom. The third-order valence-electron chi connectivity index (χ3n) is 2.78. The summed E-state index contributed by atoms with van der Waals surface area (Å²) in [6, 6.07) is 13.7. The van der Waals surface area contributed by atoms with E-state index in [4.69, 9.17) is 0 Å². The molecule has 0 bridgehead atoms. The molecule has 0 aliphatic carbocycles. The van der Waals surface area contributed by atoms with E-state index in [-0.39, 0.29) is 10.6 Å². The number of hydrogen-bond acceptors (Lipinski definition) is 2. The van der Waals surface area contributed by atoms with Crippen molar-refractivity contribution in [1.82, 2.24) is 4.98 Å². The maximum atomic E-state index is 12.1. The smallest absolute Gasteiger partial charge is 0.176 e. The largest absolute Gasteiger partial charge is 0.293 e. The third-order valence-corrected chi connectivity index (χ3v) is 3.65. The summed E-state index contributed by atoms with van der Waals surface area (Å²) in [5.41, 5.74) is 1.96. The van der Waals surface area contributed by atoms with Crippen LogP contribution in [-0.4, -0.2) is 15.6 Å². The van der Waals surface area contributed by atoms with Crippen LogP contribution >= 0.6 is 15.9 Å². The summed E-state index contributed by atoms with van der Waals surface area (Å²) in [7, 11) is 0. The second-order valence-corrected chi connectivity index (χ2v) is 5.20. The lowest BCUT2D eigenvalue weighted by Gasteiger charge is -2.08. The van der Waals surface area contributed by atoms with E-state index in [0.29, 0.717) is 5.56 Å². The lowest BCUT2D eigenvalue weighted by atomic mass is 10.0. The number of ketones is 1. The van der Waals surface area contributed by atoms with Crippen LogP contribution in [0, 0.1) is 0 Å². The van der Waals surface area contributed by atoms with Crippen LogP contribution in [0.15, 0.2) is 54.9 Å². The molecule has 0 spiro atoms. The van der Waals surface area contributed by atoms with Gasteiger partial charge in [0, 0.05) is 18.0 Å². The molecule has 1 heterocycles. The van der Waals surface area contributed by atoms with Crippen LogP contribution in [-0.2, 0) is 6.42 Å². The maximum Gasteiger partial charge on any atom is 0.176 e. The number of alkyl halides is 1. The minimum Gasteiger partial charge on any atom is -0.293 e. The maximum absolute atomic E-state index is 12.1. The molecule has 1 aromatic carbocycles. The lowest BCUT2D eigenvalue weighted by Crippen LogP contribution is -2.15. The van der Waals surface area contributed by atoms with Gasteiger partial charge in [-0.05, 0) is 30.5 Å². The van der Waals surface area contributed by atoms with Gasteiger partial charge >= 0.3 is 0 Å². The summed E-state index contributed by atoms with van der Waals surface area (Å²) in [5, 5.41) is 0. The Morgan fingerprint density at radius 2 is 1.78 bits per heavy atom. The standard InChI is InChI=1S/C15H14BrNO/c16-14(7-6-12-4-2-1-3-5-12)15(18)13-8-10-17-11-9-13/h1-5,8-11,14H,6-7H2. The molecule has 2 nitrogen and oxygen atoms in total. The van der Waals surface area contributed by atoms with Gasteiger partial charge in [0.15, 0.2) is 5.78 Å². The van der Waals surface area contributed by atoms with Gasteiger partial charge in [-0.25, -0.2) is 0 Å². The molecule has 3 heteroatoms. The average molecular weight is 304 g/mol. The number of carbonyl (C=O) groups excluding carboxylic acids is 1. The zero-order valence-corrected chi connectivity index (χ0v) is 11.5. The highest BCUT2D eigenvalue weighted by molar-refractivity contribution is 9.10. The molecule has 1 atom stereocenters. The first-order chi connectivity index (χ1) is 8.77. The fraction of sp³-hybridized carbons (Fsp3) is 0.200. The van der Waals surface area contributed by atoms with Gasteiger partial charge in [-0.2, -0.15) is 0 Å². The molecule has 0 aliphatic heterocycles. The molecule has 2 rings (SSSR count). The normalized spacial score (nSPS) is 12.1. The summed E-state index contributed by atoms with van der Waals surface area (Å²) in [4.78, 5) is 15.9. The van der Waals surface area contributed by atoms with Gasteiger partial charge in [0.1, 0.15) is 0 Å². The monoisotopic (exact) mass is 303 g/mol. The second-order valence-electron chi connectivity index (χ2n) is 4.09. The number of aromatic nitrogens is 1. The molecule has 2 aromatic rings. The first-order valence-electron chi connectivity index (χ1n) is 5.89. The number of hydrogen-bond donors (Lipinski definition) is 0. The van der Waals surface area contributed by atoms with Crippen molar-refractivity contribution in [3.8, 4) is 0 Å². The molecule has 0 amide bonds. The van der Waals surface area contributed by atoms with Gasteiger partial charge in [-0.1, -0.05) is 46.3 Å². The van der Waals surface area contributed by atoms with Crippen molar-refractivity contribution in [2.75, 3.05) is 0 Å². The van der Waals surface area contributed by atoms with Crippen LogP contribution in [0.2, 0.25) is 0 Å². The van der Waals surface area contributed by atoms with Crippen LogP contribution in [0.4, 0.5) is 0 Å². The van der Waals surface area contributed by atoms with Crippen LogP contribution in [0.3, 0.4) is 0 Å². The van der Waals surface area contributed by atoms with E-state index in [2.05, 4.69) is 33.0 Å². The molecule has 0 aliphatic rings. The molecule has 0 radical (unpaired) electrons. The fourth-order valence-electron chi connectivity index (χ4n) is 1.77. The van der Waals surface area contributed by atoms with Crippen molar-refractivity contribution in [2.24, 2.45) is 0 Å². The molecule has 0 saturated heterocycles. The molecule has 0 fully saturated rings. The van der Waals surface area contributed by atoms with E-state index in [0.717, 1.165) is 12.8 Å². The topological polar surface area (TPSA) is 30.0 Å². The van der Waals surface area contributed by atoms with Gasteiger partial charge in [0.05, 0.1) is 4.83 Å². The molecular formula is C15H14BrNO. The van der Waals surface area contributed by atoms with Crippen LogP contribution in [0.5, 0.6) is 0 Å². The highest BCUT2D eigenvalue weighted by Gasteiger charge is 2.16. The Bertz CT molecular complexity index is 498. The van der Waals surface area contributed by atoms with Crippen molar-refractivity contribution in [3.63, 3.8) is 0 Å². The molecule has 92 valence electrons. The van der Waals surface area contributed by atoms with Gasteiger partial charge in [0.2, 0.25) is 0 Å². The van der Waals surface area contributed by atoms with Crippen LogP contribution < -0.4 is 0 Å². The predicted molar refractivity (Wildman–Crippen MR) is 76.0 cm³/mol. The second kappa shape index (κ2) is 6.45. The predicted octanol–water partition coefficient (Wildman–Crippen LogP) is 3.66. The summed E-state index contributed by atoms with van der Waals surface area (Å²) < 4.78 is 0. The number of carbonyl (C=O) groups is 1. The Labute approximate surface area is 115 Å². The van der Waals surface area contributed by atoms with Gasteiger partial charge < -0.3 is 0 Å². The summed E-state index contributed by atoms with van der Waals surface area (Å²) >= 11 is 3.47. The van der Waals surface area contributed by atoms with E-state index in [9.17, 15) is 4.79 Å². The Hall–Kier alpha value is -1.48. The minimum absolute atomic E-state index is 0.119. The Balaban J connectivity index is 1.93. The number of rotatable bonds is 5. The highest BCUT2D eigenvalue weighted by atomic mass is 79.9. The SMILES string of the molecule is O=C(c1ccncc1)C(Br)CCc1ccccc1. The van der Waals surface area contributed by atoms with Gasteiger partial charge in [0.25, 0.3) is 0 Å². The van der Waals surface area contributed by atoms with Crippen molar-refractivity contribution >= 4 is 21.7 Å². The molecule has 1 aromatic heterocycles.